The molecule has 1 atom stereocenters. The van der Waals surface area contributed by atoms with Gasteiger partial charge < -0.3 is 19.3 Å². The van der Waals surface area contributed by atoms with Crippen molar-refractivity contribution in [1.29, 1.82) is 0 Å². The van der Waals surface area contributed by atoms with Crippen molar-refractivity contribution in [1.82, 2.24) is 9.21 Å². The summed E-state index contributed by atoms with van der Waals surface area (Å²) >= 11 is 0. The Labute approximate surface area is 163 Å². The summed E-state index contributed by atoms with van der Waals surface area (Å²) in [5.74, 6) is 2.35. The second-order valence-corrected chi connectivity index (χ2v) is 7.74. The maximum absolute atomic E-state index is 13.7. The van der Waals surface area contributed by atoms with Gasteiger partial charge >= 0.3 is 6.09 Å². The lowest BCUT2D eigenvalue weighted by Gasteiger charge is -2.33. The van der Waals surface area contributed by atoms with Crippen LogP contribution in [0.3, 0.4) is 0 Å². The summed E-state index contributed by atoms with van der Waals surface area (Å²) in [6, 6.07) is 12.7. The van der Waals surface area contributed by atoms with Crippen LogP contribution in [0.1, 0.15) is 5.56 Å². The van der Waals surface area contributed by atoms with Crippen LogP contribution in [0.15, 0.2) is 52.9 Å². The first kappa shape index (κ1) is 19.5. The number of carboxylic acid groups (broad SMARTS) is 1. The van der Waals surface area contributed by atoms with Crippen molar-refractivity contribution in [3.63, 3.8) is 0 Å². The number of amides is 1. The number of hydrogen-bond acceptors (Lipinski definition) is 5. The molecule has 2 aromatic rings. The molecule has 2 aromatic carbocycles. The van der Waals surface area contributed by atoms with E-state index in [0.29, 0.717) is 11.3 Å². The van der Waals surface area contributed by atoms with Crippen LogP contribution in [0, 0.1) is 12.3 Å². The van der Waals surface area contributed by atoms with Crippen molar-refractivity contribution in [2.45, 2.75) is 0 Å². The summed E-state index contributed by atoms with van der Waals surface area (Å²) in [6.07, 6.45) is 4.32. The van der Waals surface area contributed by atoms with E-state index in [0.717, 1.165) is 0 Å². The normalized spacial score (nSPS) is 16.6. The molecule has 1 heterocycles. The van der Waals surface area contributed by atoms with Crippen LogP contribution >= 0.6 is 0 Å². The van der Waals surface area contributed by atoms with Crippen LogP contribution < -0.4 is 4.18 Å². The topological polar surface area (TPSA) is 103 Å². The van der Waals surface area contributed by atoms with Crippen LogP contribution in [-0.2, 0) is 10.2 Å². The Morgan fingerprint density at radius 3 is 2.32 bits per heavy atom. The van der Waals surface area contributed by atoms with Crippen molar-refractivity contribution in [3.8, 4) is 23.8 Å². The zero-order valence-electron chi connectivity index (χ0n) is 14.9. The quantitative estimate of drug-likeness (QED) is 0.767. The summed E-state index contributed by atoms with van der Waals surface area (Å²) in [4.78, 5) is 12.4. The molecule has 0 radical (unpaired) electrons. The number of phenolic OH excluding ortho intramolecular Hbond substituents is 1. The number of carbonyl (C=O) groups is 1. The summed E-state index contributed by atoms with van der Waals surface area (Å²) < 4.78 is 25.1. The molecule has 0 saturated carbocycles. The van der Waals surface area contributed by atoms with Gasteiger partial charge in [-0.3, -0.25) is 0 Å². The highest BCUT2D eigenvalue weighted by Gasteiger charge is 2.30. The Bertz CT molecular complexity index is 1010. The van der Waals surface area contributed by atoms with Gasteiger partial charge in [-0.2, -0.15) is 12.9 Å². The van der Waals surface area contributed by atoms with E-state index in [-0.39, 0.29) is 37.7 Å². The van der Waals surface area contributed by atoms with Crippen LogP contribution in [0.4, 0.5) is 10.5 Å². The highest BCUT2D eigenvalue weighted by Crippen LogP contribution is 2.29. The van der Waals surface area contributed by atoms with Gasteiger partial charge in [-0.05, 0) is 36.4 Å². The molecule has 3 rings (SSSR count). The first-order valence-corrected chi connectivity index (χ1v) is 9.85. The van der Waals surface area contributed by atoms with E-state index in [9.17, 15) is 14.1 Å². The minimum atomic E-state index is -3.46. The number of piperazine rings is 1. The van der Waals surface area contributed by atoms with Gasteiger partial charge in [0.15, 0.2) is 11.5 Å². The minimum Gasteiger partial charge on any atom is -0.504 e. The van der Waals surface area contributed by atoms with E-state index in [4.69, 9.17) is 15.7 Å². The van der Waals surface area contributed by atoms with Gasteiger partial charge in [0.25, 0.3) is 10.2 Å². The lowest BCUT2D eigenvalue weighted by molar-refractivity contribution is 0.125. The largest absolute Gasteiger partial charge is 0.504 e. The first-order valence-electron chi connectivity index (χ1n) is 8.45. The number of para-hydroxylation sites is 2. The average molecular weight is 401 g/mol. The molecule has 0 aliphatic carbocycles. The molecular weight excluding hydrogens is 382 g/mol. The Morgan fingerprint density at radius 2 is 1.75 bits per heavy atom. The molecule has 9 heteroatoms. The fraction of sp³-hybridized carbons (Fsp3) is 0.211. The highest BCUT2D eigenvalue weighted by atomic mass is 32.2. The molecule has 1 fully saturated rings. The molecule has 1 amide bonds. The Balaban J connectivity index is 1.97. The fourth-order valence-corrected chi connectivity index (χ4v) is 4.28. The number of rotatable bonds is 4. The van der Waals surface area contributed by atoms with E-state index >= 15 is 0 Å². The molecule has 2 N–H and O–H groups in total. The average Bonchev–Trinajstić information content (AvgIpc) is 2.70. The van der Waals surface area contributed by atoms with Crippen molar-refractivity contribution in [2.24, 2.45) is 4.36 Å². The number of phenols is 1. The van der Waals surface area contributed by atoms with Gasteiger partial charge in [0.1, 0.15) is 0 Å². The number of aromatic hydroxyl groups is 1. The lowest BCUT2D eigenvalue weighted by Crippen LogP contribution is -2.51. The number of benzene rings is 2. The second kappa shape index (κ2) is 8.21. The Kier molecular flexibility index (Phi) is 5.73. The molecule has 0 aromatic heterocycles. The lowest BCUT2D eigenvalue weighted by atomic mass is 10.2. The van der Waals surface area contributed by atoms with Crippen LogP contribution in [0.5, 0.6) is 11.5 Å². The zero-order chi connectivity index (χ0) is 20.1. The molecule has 8 nitrogen and oxygen atoms in total. The summed E-state index contributed by atoms with van der Waals surface area (Å²) in [5.41, 5.74) is 1.04. The molecule has 0 bridgehead atoms. The molecule has 1 saturated heterocycles. The third-order valence-corrected chi connectivity index (χ3v) is 6.01. The summed E-state index contributed by atoms with van der Waals surface area (Å²) in [5, 5.41) is 19.1. The number of hydrogen-bond donors (Lipinski definition) is 2. The fourth-order valence-electron chi connectivity index (χ4n) is 2.64. The standard InChI is InChI=1S/C19H19N3O5S/c1-2-15-7-9-16(10-8-15)20-28(26,27-18-6-4-3-5-17(18)23)22-13-11-21(12-14-22)19(24)25/h1,3-10,23H,11-14H2,(H,24,25). The van der Waals surface area contributed by atoms with E-state index in [1.807, 2.05) is 0 Å². The molecule has 0 spiro atoms. The van der Waals surface area contributed by atoms with Gasteiger partial charge in [0.2, 0.25) is 0 Å². The van der Waals surface area contributed by atoms with Crippen molar-refractivity contribution in [2.75, 3.05) is 26.2 Å². The third kappa shape index (κ3) is 4.36. The van der Waals surface area contributed by atoms with E-state index < -0.39 is 16.3 Å². The molecule has 1 aliphatic heterocycles. The maximum Gasteiger partial charge on any atom is 0.407 e. The monoisotopic (exact) mass is 401 g/mol. The maximum atomic E-state index is 13.7. The SMILES string of the molecule is C#Cc1ccc(N=S(=O)(Oc2ccccc2O)N2CCN(C(=O)O)CC2)cc1. The number of nitrogens with zero attached hydrogens (tertiary/aromatic N) is 3. The van der Waals surface area contributed by atoms with Gasteiger partial charge in [-0.15, -0.1) is 6.42 Å². The predicted molar refractivity (Wildman–Crippen MR) is 105 cm³/mol. The summed E-state index contributed by atoms with van der Waals surface area (Å²) in [7, 11) is -3.46. The van der Waals surface area contributed by atoms with E-state index in [1.165, 1.54) is 21.3 Å². The Morgan fingerprint density at radius 1 is 1.11 bits per heavy atom. The van der Waals surface area contributed by atoms with Crippen molar-refractivity contribution >= 4 is 22.0 Å². The van der Waals surface area contributed by atoms with Crippen molar-refractivity contribution < 1.29 is 23.4 Å². The molecule has 146 valence electrons. The summed E-state index contributed by atoms with van der Waals surface area (Å²) in [6.45, 7) is 0.680. The molecular formula is C19H19N3O5S. The third-order valence-electron chi connectivity index (χ3n) is 4.15. The first-order chi connectivity index (χ1) is 13.4. The number of terminal acetylenes is 1. The van der Waals surface area contributed by atoms with Gasteiger partial charge in [-0.25, -0.2) is 4.79 Å². The molecule has 1 aliphatic rings. The van der Waals surface area contributed by atoms with E-state index in [2.05, 4.69) is 10.3 Å². The van der Waals surface area contributed by atoms with Gasteiger partial charge in [-0.1, -0.05) is 18.1 Å². The predicted octanol–water partition coefficient (Wildman–Crippen LogP) is 2.68. The van der Waals surface area contributed by atoms with Gasteiger partial charge in [0, 0.05) is 31.7 Å². The van der Waals surface area contributed by atoms with Crippen LogP contribution in [-0.4, -0.2) is 55.9 Å². The van der Waals surface area contributed by atoms with Gasteiger partial charge in [0.05, 0.1) is 5.69 Å². The highest BCUT2D eigenvalue weighted by molar-refractivity contribution is 7.87. The van der Waals surface area contributed by atoms with Crippen molar-refractivity contribution in [3.05, 3.63) is 54.1 Å². The molecule has 28 heavy (non-hydrogen) atoms. The smallest absolute Gasteiger partial charge is 0.407 e. The minimum absolute atomic E-state index is 0.0251. The second-order valence-electron chi connectivity index (χ2n) is 5.98. The molecule has 1 unspecified atom stereocenters. The van der Waals surface area contributed by atoms with E-state index in [1.54, 1.807) is 36.4 Å². The van der Waals surface area contributed by atoms with Crippen LogP contribution in [0.25, 0.3) is 0 Å². The zero-order valence-corrected chi connectivity index (χ0v) is 15.7. The Hall–Kier alpha value is -3.22. The van der Waals surface area contributed by atoms with Crippen LogP contribution in [0.2, 0.25) is 0 Å².